The quantitative estimate of drug-likeness (QED) is 0.829. The van der Waals surface area contributed by atoms with Crippen LogP contribution in [0.4, 0.5) is 5.69 Å². The van der Waals surface area contributed by atoms with Crippen molar-refractivity contribution < 1.29 is 18.0 Å². The zero-order valence-corrected chi connectivity index (χ0v) is 15.1. The summed E-state index contributed by atoms with van der Waals surface area (Å²) >= 11 is 0. The van der Waals surface area contributed by atoms with Crippen molar-refractivity contribution in [2.45, 2.75) is 40.0 Å². The van der Waals surface area contributed by atoms with Gasteiger partial charge in [-0.2, -0.15) is 0 Å². The molecule has 0 radical (unpaired) electrons. The highest BCUT2D eigenvalue weighted by atomic mass is 32.2. The molecule has 0 amide bonds. The predicted molar refractivity (Wildman–Crippen MR) is 92.4 cm³/mol. The van der Waals surface area contributed by atoms with Crippen molar-refractivity contribution in [1.82, 2.24) is 0 Å². The smallest absolute Gasteiger partial charge is 0.233 e. The lowest BCUT2D eigenvalue weighted by atomic mass is 9.70. The Balaban J connectivity index is 1.86. The minimum atomic E-state index is -3.69. The summed E-state index contributed by atoms with van der Waals surface area (Å²) in [5, 5.41) is 0. The average Bonchev–Trinajstić information content (AvgIpc) is 2.80. The largest absolute Gasteiger partial charge is 0.299 e. The molecule has 5 nitrogen and oxygen atoms in total. The van der Waals surface area contributed by atoms with Crippen LogP contribution >= 0.6 is 0 Å². The number of ketones is 2. The van der Waals surface area contributed by atoms with E-state index in [9.17, 15) is 18.0 Å². The van der Waals surface area contributed by atoms with Gasteiger partial charge in [-0.15, -0.1) is 0 Å². The van der Waals surface area contributed by atoms with Crippen LogP contribution in [0.25, 0.3) is 0 Å². The molecule has 3 rings (SSSR count). The summed E-state index contributed by atoms with van der Waals surface area (Å²) in [5.74, 6) is 0.0420. The zero-order chi connectivity index (χ0) is 17.8. The number of Topliss-reactive ketones (excluding diaryl/α,β-unsaturated/α-hetero) is 2. The summed E-state index contributed by atoms with van der Waals surface area (Å²) in [7, 11) is -3.69. The van der Waals surface area contributed by atoms with Crippen LogP contribution in [-0.2, 0) is 14.8 Å². The second-order valence-electron chi connectivity index (χ2n) is 7.66. The summed E-state index contributed by atoms with van der Waals surface area (Å²) in [5.41, 5.74) is -0.273. The number of rotatable bonds is 5. The third kappa shape index (κ3) is 2.57. The lowest BCUT2D eigenvalue weighted by Crippen LogP contribution is -2.43. The Kier molecular flexibility index (Phi) is 3.86. The van der Waals surface area contributed by atoms with Crippen LogP contribution in [0.5, 0.6) is 0 Å². The van der Waals surface area contributed by atoms with E-state index in [0.717, 1.165) is 6.42 Å². The number of nitrogens with one attached hydrogen (secondary N) is 1. The number of hydrogen-bond acceptors (Lipinski definition) is 4. The third-order valence-electron chi connectivity index (χ3n) is 6.12. The Morgan fingerprint density at radius 3 is 2.58 bits per heavy atom. The molecule has 0 unspecified atom stereocenters. The van der Waals surface area contributed by atoms with Gasteiger partial charge in [0.25, 0.3) is 0 Å². The molecule has 0 spiro atoms. The van der Waals surface area contributed by atoms with Crippen molar-refractivity contribution in [2.24, 2.45) is 16.7 Å². The minimum Gasteiger partial charge on any atom is -0.299 e. The van der Waals surface area contributed by atoms with Crippen molar-refractivity contribution >= 4 is 27.3 Å². The molecule has 6 heteroatoms. The van der Waals surface area contributed by atoms with Gasteiger partial charge in [-0.1, -0.05) is 26.0 Å². The summed E-state index contributed by atoms with van der Waals surface area (Å²) < 4.78 is 28.0. The molecular weight excluding hydrogens is 326 g/mol. The molecule has 2 fully saturated rings. The van der Waals surface area contributed by atoms with E-state index in [1.165, 1.54) is 13.0 Å². The van der Waals surface area contributed by atoms with Gasteiger partial charge in [-0.25, -0.2) is 8.42 Å². The lowest BCUT2D eigenvalue weighted by molar-refractivity contribution is -0.128. The van der Waals surface area contributed by atoms with Gasteiger partial charge in [-0.05, 0) is 43.2 Å². The molecule has 2 aliphatic carbocycles. The predicted octanol–water partition coefficient (Wildman–Crippen LogP) is 3.03. The fourth-order valence-corrected chi connectivity index (χ4v) is 6.33. The molecule has 130 valence electrons. The number of carbonyl (C=O) groups excluding carboxylic acids is 2. The molecule has 1 N–H and O–H groups in total. The normalized spacial score (nSPS) is 28.1. The van der Waals surface area contributed by atoms with Crippen LogP contribution in [0.3, 0.4) is 0 Å². The first-order chi connectivity index (χ1) is 11.1. The van der Waals surface area contributed by atoms with Gasteiger partial charge in [0, 0.05) is 17.7 Å². The van der Waals surface area contributed by atoms with Crippen LogP contribution in [0.1, 0.15) is 50.4 Å². The van der Waals surface area contributed by atoms with Crippen LogP contribution in [-0.4, -0.2) is 25.7 Å². The first kappa shape index (κ1) is 17.1. The molecule has 0 aromatic heterocycles. The average molecular weight is 349 g/mol. The maximum atomic E-state index is 12.7. The molecule has 0 heterocycles. The van der Waals surface area contributed by atoms with E-state index in [2.05, 4.69) is 4.72 Å². The number of carbonyl (C=O) groups is 2. The highest BCUT2D eigenvalue weighted by Gasteiger charge is 2.65. The Hall–Kier alpha value is -1.69. The van der Waals surface area contributed by atoms with Gasteiger partial charge in [-0.3, -0.25) is 14.3 Å². The molecular formula is C18H23NO4S. The van der Waals surface area contributed by atoms with E-state index in [-0.39, 0.29) is 28.7 Å². The van der Waals surface area contributed by atoms with Crippen LogP contribution in [0.2, 0.25) is 0 Å². The van der Waals surface area contributed by atoms with Gasteiger partial charge in [0.05, 0.1) is 11.2 Å². The van der Waals surface area contributed by atoms with Gasteiger partial charge >= 0.3 is 0 Å². The monoisotopic (exact) mass is 349 g/mol. The lowest BCUT2D eigenvalue weighted by Gasteiger charge is -2.36. The minimum absolute atomic E-state index is 0.0756. The molecule has 2 atom stereocenters. The fourth-order valence-electron chi connectivity index (χ4n) is 4.45. The van der Waals surface area contributed by atoms with E-state index in [1.54, 1.807) is 18.2 Å². The van der Waals surface area contributed by atoms with Crippen LogP contribution in [0, 0.1) is 16.7 Å². The van der Waals surface area contributed by atoms with Crippen LogP contribution < -0.4 is 4.72 Å². The second-order valence-corrected chi connectivity index (χ2v) is 9.39. The van der Waals surface area contributed by atoms with Gasteiger partial charge in [0.15, 0.2) is 5.78 Å². The Morgan fingerprint density at radius 1 is 1.33 bits per heavy atom. The highest BCUT2D eigenvalue weighted by Crippen LogP contribution is 2.64. The number of anilines is 1. The highest BCUT2D eigenvalue weighted by molar-refractivity contribution is 7.92. The maximum absolute atomic E-state index is 12.7. The van der Waals surface area contributed by atoms with E-state index in [0.29, 0.717) is 24.1 Å². The zero-order valence-electron chi connectivity index (χ0n) is 14.3. The maximum Gasteiger partial charge on any atom is 0.233 e. The molecule has 1 aromatic carbocycles. The van der Waals surface area contributed by atoms with E-state index >= 15 is 0 Å². The van der Waals surface area contributed by atoms with Crippen LogP contribution in [0.15, 0.2) is 24.3 Å². The van der Waals surface area contributed by atoms with E-state index < -0.39 is 15.4 Å². The Bertz CT molecular complexity index is 812. The van der Waals surface area contributed by atoms with Crippen molar-refractivity contribution in [3.05, 3.63) is 29.8 Å². The molecule has 0 aliphatic heterocycles. The topological polar surface area (TPSA) is 80.3 Å². The first-order valence-corrected chi connectivity index (χ1v) is 9.87. The summed E-state index contributed by atoms with van der Waals surface area (Å²) in [4.78, 5) is 24.0. The first-order valence-electron chi connectivity index (χ1n) is 8.22. The summed E-state index contributed by atoms with van der Waals surface area (Å²) in [6.45, 7) is 5.47. The van der Waals surface area contributed by atoms with Crippen molar-refractivity contribution in [3.8, 4) is 0 Å². The van der Waals surface area contributed by atoms with Crippen molar-refractivity contribution in [1.29, 1.82) is 0 Å². The van der Waals surface area contributed by atoms with Gasteiger partial charge in [0.2, 0.25) is 10.0 Å². The summed E-state index contributed by atoms with van der Waals surface area (Å²) in [6.07, 6.45) is 2.04. The van der Waals surface area contributed by atoms with Crippen molar-refractivity contribution in [3.63, 3.8) is 0 Å². The fraction of sp³-hybridized carbons (Fsp3) is 0.556. The van der Waals surface area contributed by atoms with Crippen molar-refractivity contribution in [2.75, 3.05) is 10.5 Å². The second kappa shape index (κ2) is 5.41. The molecule has 2 aliphatic rings. The summed E-state index contributed by atoms with van der Waals surface area (Å²) in [6, 6.07) is 6.42. The molecule has 2 bridgehead atoms. The SMILES string of the molecule is CC(=O)c1cccc(NS(=O)(=O)C[C@]23CC[C@@H](CC2=O)C3(C)C)c1. The molecule has 2 saturated carbocycles. The molecule has 1 aromatic rings. The van der Waals surface area contributed by atoms with E-state index in [1.807, 2.05) is 13.8 Å². The number of benzene rings is 1. The number of sulfonamides is 1. The van der Waals surface area contributed by atoms with Gasteiger partial charge in [0.1, 0.15) is 5.78 Å². The Labute approximate surface area is 142 Å². The third-order valence-corrected chi connectivity index (χ3v) is 7.54. The molecule has 24 heavy (non-hydrogen) atoms. The van der Waals surface area contributed by atoms with Gasteiger partial charge < -0.3 is 0 Å². The molecule has 0 saturated heterocycles. The standard InChI is InChI=1S/C18H23NO4S/c1-12(20)13-5-4-6-15(9-13)19-24(22,23)11-18-8-7-14(10-16(18)21)17(18,2)3/h4-6,9,14,19H,7-8,10-11H2,1-3H3/t14-,18+/m0/s1. The number of fused-ring (bicyclic) bond motifs is 2. The van der Waals surface area contributed by atoms with E-state index in [4.69, 9.17) is 0 Å². The Morgan fingerprint density at radius 2 is 2.04 bits per heavy atom. The number of hydrogen-bond donors (Lipinski definition) is 1.